The molecule has 2 heterocycles. The highest BCUT2D eigenvalue weighted by molar-refractivity contribution is 4.97. The molecule has 0 amide bonds. The molecule has 1 aliphatic heterocycles. The van der Waals surface area contributed by atoms with Gasteiger partial charge in [0.1, 0.15) is 0 Å². The Kier molecular flexibility index (Phi) is 4.87. The van der Waals surface area contributed by atoms with Crippen LogP contribution in [0.5, 0.6) is 0 Å². The van der Waals surface area contributed by atoms with E-state index in [0.29, 0.717) is 17.8 Å². The lowest BCUT2D eigenvalue weighted by molar-refractivity contribution is -0.0258. The van der Waals surface area contributed by atoms with Crippen molar-refractivity contribution in [1.82, 2.24) is 15.0 Å². The molecule has 6 nitrogen and oxygen atoms in total. The van der Waals surface area contributed by atoms with Crippen molar-refractivity contribution in [3.63, 3.8) is 0 Å². The molecule has 21 heavy (non-hydrogen) atoms. The Morgan fingerprint density at radius 1 is 1.38 bits per heavy atom. The first-order valence-electron chi connectivity index (χ1n) is 8.16. The van der Waals surface area contributed by atoms with Gasteiger partial charge in [0.25, 0.3) is 0 Å². The van der Waals surface area contributed by atoms with Crippen molar-refractivity contribution in [2.45, 2.75) is 51.2 Å². The van der Waals surface area contributed by atoms with Crippen LogP contribution in [0.2, 0.25) is 0 Å². The SMILES string of the molecule is CCOC1CC(Cc2nc(C(N)CN3CCCC3)no2)C1. The standard InChI is InChI=1S/C15H26N4O2/c1-2-20-12-7-11(8-12)9-14-17-15(18-21-14)13(16)10-19-5-3-4-6-19/h11-13H,2-10,16H2,1H3. The molecule has 6 heteroatoms. The average molecular weight is 294 g/mol. The second kappa shape index (κ2) is 6.85. The number of rotatable bonds is 7. The fourth-order valence-corrected chi connectivity index (χ4v) is 3.29. The van der Waals surface area contributed by atoms with Gasteiger partial charge in [0.15, 0.2) is 5.82 Å². The lowest BCUT2D eigenvalue weighted by Crippen LogP contribution is -2.32. The second-order valence-corrected chi connectivity index (χ2v) is 6.28. The fraction of sp³-hybridized carbons (Fsp3) is 0.867. The topological polar surface area (TPSA) is 77.4 Å². The zero-order valence-corrected chi connectivity index (χ0v) is 12.8. The van der Waals surface area contributed by atoms with Gasteiger partial charge in [0.2, 0.25) is 5.89 Å². The third kappa shape index (κ3) is 3.81. The van der Waals surface area contributed by atoms with Crippen molar-refractivity contribution in [3.8, 4) is 0 Å². The van der Waals surface area contributed by atoms with Crippen LogP contribution < -0.4 is 5.73 Å². The average Bonchev–Trinajstić information content (AvgIpc) is 3.07. The summed E-state index contributed by atoms with van der Waals surface area (Å²) >= 11 is 0. The first-order valence-corrected chi connectivity index (χ1v) is 8.16. The third-order valence-electron chi connectivity index (χ3n) is 4.53. The van der Waals surface area contributed by atoms with Gasteiger partial charge in [-0.05, 0) is 51.6 Å². The van der Waals surface area contributed by atoms with Crippen molar-refractivity contribution >= 4 is 0 Å². The maximum absolute atomic E-state index is 6.18. The molecule has 1 saturated heterocycles. The summed E-state index contributed by atoms with van der Waals surface area (Å²) < 4.78 is 10.9. The highest BCUT2D eigenvalue weighted by atomic mass is 16.5. The van der Waals surface area contributed by atoms with E-state index in [4.69, 9.17) is 15.0 Å². The van der Waals surface area contributed by atoms with Crippen LogP contribution in [0, 0.1) is 5.92 Å². The summed E-state index contributed by atoms with van der Waals surface area (Å²) in [5.74, 6) is 1.99. The molecule has 1 atom stereocenters. The van der Waals surface area contributed by atoms with Crippen LogP contribution in [0.25, 0.3) is 0 Å². The van der Waals surface area contributed by atoms with E-state index in [1.54, 1.807) is 0 Å². The Morgan fingerprint density at radius 2 is 2.14 bits per heavy atom. The Morgan fingerprint density at radius 3 is 2.86 bits per heavy atom. The molecule has 2 N–H and O–H groups in total. The molecule has 3 rings (SSSR count). The van der Waals surface area contributed by atoms with Gasteiger partial charge in [-0.3, -0.25) is 0 Å². The minimum atomic E-state index is -0.141. The lowest BCUT2D eigenvalue weighted by Gasteiger charge is -2.33. The zero-order valence-electron chi connectivity index (χ0n) is 12.8. The Bertz CT molecular complexity index is 439. The zero-order chi connectivity index (χ0) is 14.7. The van der Waals surface area contributed by atoms with Crippen LogP contribution in [0.4, 0.5) is 0 Å². The highest BCUT2D eigenvalue weighted by Gasteiger charge is 2.31. The van der Waals surface area contributed by atoms with Gasteiger partial charge in [-0.2, -0.15) is 4.98 Å². The van der Waals surface area contributed by atoms with Crippen molar-refractivity contribution < 1.29 is 9.26 Å². The first-order chi connectivity index (χ1) is 10.2. The van der Waals surface area contributed by atoms with Gasteiger partial charge >= 0.3 is 0 Å². The first kappa shape index (κ1) is 14.9. The lowest BCUT2D eigenvalue weighted by atomic mass is 9.80. The molecule has 1 aromatic heterocycles. The van der Waals surface area contributed by atoms with Gasteiger partial charge in [-0.1, -0.05) is 5.16 Å². The van der Waals surface area contributed by atoms with Crippen LogP contribution >= 0.6 is 0 Å². The van der Waals surface area contributed by atoms with E-state index in [-0.39, 0.29) is 6.04 Å². The summed E-state index contributed by atoms with van der Waals surface area (Å²) in [5, 5.41) is 4.06. The predicted octanol–water partition coefficient (Wildman–Crippen LogP) is 1.52. The summed E-state index contributed by atoms with van der Waals surface area (Å²) in [6.07, 6.45) is 6.03. The van der Waals surface area contributed by atoms with Crippen LogP contribution in [0.3, 0.4) is 0 Å². The molecule has 2 aliphatic rings. The highest BCUT2D eigenvalue weighted by Crippen LogP contribution is 2.32. The van der Waals surface area contributed by atoms with E-state index in [1.807, 2.05) is 6.92 Å². The molecule has 2 fully saturated rings. The largest absolute Gasteiger partial charge is 0.378 e. The number of aromatic nitrogens is 2. The van der Waals surface area contributed by atoms with E-state index in [1.165, 1.54) is 12.8 Å². The third-order valence-corrected chi connectivity index (χ3v) is 4.53. The van der Waals surface area contributed by atoms with E-state index in [9.17, 15) is 0 Å². The molecule has 1 unspecified atom stereocenters. The number of hydrogen-bond acceptors (Lipinski definition) is 6. The summed E-state index contributed by atoms with van der Waals surface area (Å²) in [6, 6.07) is -0.141. The molecular weight excluding hydrogens is 268 g/mol. The molecule has 0 radical (unpaired) electrons. The number of hydrogen-bond donors (Lipinski definition) is 1. The summed E-state index contributed by atoms with van der Waals surface area (Å²) in [4.78, 5) is 6.85. The quantitative estimate of drug-likeness (QED) is 0.821. The summed E-state index contributed by atoms with van der Waals surface area (Å²) in [5.41, 5.74) is 6.18. The Balaban J connectivity index is 1.45. The van der Waals surface area contributed by atoms with Gasteiger partial charge in [-0.15, -0.1) is 0 Å². The van der Waals surface area contributed by atoms with Crippen molar-refractivity contribution in [2.75, 3.05) is 26.2 Å². The minimum absolute atomic E-state index is 0.141. The molecule has 1 aliphatic carbocycles. The van der Waals surface area contributed by atoms with E-state index < -0.39 is 0 Å². The van der Waals surface area contributed by atoms with E-state index in [2.05, 4.69) is 15.0 Å². The number of likely N-dealkylation sites (tertiary alicyclic amines) is 1. The molecule has 0 bridgehead atoms. The smallest absolute Gasteiger partial charge is 0.226 e. The van der Waals surface area contributed by atoms with E-state index >= 15 is 0 Å². The molecule has 1 saturated carbocycles. The molecular formula is C15H26N4O2. The number of nitrogens with zero attached hydrogens (tertiary/aromatic N) is 3. The number of nitrogens with two attached hydrogens (primary N) is 1. The van der Waals surface area contributed by atoms with Gasteiger partial charge in [-0.25, -0.2) is 0 Å². The molecule has 0 spiro atoms. The minimum Gasteiger partial charge on any atom is -0.378 e. The van der Waals surface area contributed by atoms with Crippen LogP contribution in [-0.4, -0.2) is 47.4 Å². The maximum atomic E-state index is 6.18. The summed E-state index contributed by atoms with van der Waals surface area (Å²) in [7, 11) is 0. The predicted molar refractivity (Wildman–Crippen MR) is 78.7 cm³/mol. The van der Waals surface area contributed by atoms with Crippen LogP contribution in [0.15, 0.2) is 4.52 Å². The summed E-state index contributed by atoms with van der Waals surface area (Å²) in [6.45, 7) is 5.94. The van der Waals surface area contributed by atoms with E-state index in [0.717, 1.165) is 51.4 Å². The van der Waals surface area contributed by atoms with Crippen molar-refractivity contribution in [3.05, 3.63) is 11.7 Å². The van der Waals surface area contributed by atoms with Crippen molar-refractivity contribution in [2.24, 2.45) is 11.7 Å². The van der Waals surface area contributed by atoms with Crippen molar-refractivity contribution in [1.29, 1.82) is 0 Å². The monoisotopic (exact) mass is 294 g/mol. The van der Waals surface area contributed by atoms with Gasteiger partial charge < -0.3 is 19.9 Å². The Hall–Kier alpha value is -0.980. The molecule has 118 valence electrons. The fourth-order valence-electron chi connectivity index (χ4n) is 3.29. The maximum Gasteiger partial charge on any atom is 0.226 e. The molecule has 0 aromatic carbocycles. The Labute approximate surface area is 126 Å². The normalized spacial score (nSPS) is 27.7. The van der Waals surface area contributed by atoms with Crippen LogP contribution in [0.1, 0.15) is 50.4 Å². The second-order valence-electron chi connectivity index (χ2n) is 6.28. The van der Waals surface area contributed by atoms with Gasteiger partial charge in [0.05, 0.1) is 12.1 Å². The van der Waals surface area contributed by atoms with Gasteiger partial charge in [0, 0.05) is 19.6 Å². The molecule has 1 aromatic rings. The number of ether oxygens (including phenoxy) is 1. The van der Waals surface area contributed by atoms with Crippen LogP contribution in [-0.2, 0) is 11.2 Å².